The molecule has 2 aromatic rings. The third-order valence-electron chi connectivity index (χ3n) is 2.69. The minimum absolute atomic E-state index is 0.228. The summed E-state index contributed by atoms with van der Waals surface area (Å²) in [4.78, 5) is 22.9. The molecule has 2 N–H and O–H groups in total. The summed E-state index contributed by atoms with van der Waals surface area (Å²) in [6.07, 6.45) is 0. The van der Waals surface area contributed by atoms with Crippen molar-refractivity contribution in [2.45, 2.75) is 0 Å². The maximum Gasteiger partial charge on any atom is 0.336 e. The predicted molar refractivity (Wildman–Crippen MR) is 67.7 cm³/mol. The second kappa shape index (κ2) is 5.66. The number of carbonyl (C=O) groups excluding carboxylic acids is 1. The van der Waals surface area contributed by atoms with Crippen molar-refractivity contribution in [3.8, 4) is 0 Å². The quantitative estimate of drug-likeness (QED) is 0.855. The number of halogens is 3. The molecule has 0 aliphatic carbocycles. The first-order valence-electron chi connectivity index (χ1n) is 5.69. The van der Waals surface area contributed by atoms with Gasteiger partial charge in [-0.15, -0.1) is 0 Å². The average molecular weight is 295 g/mol. The van der Waals surface area contributed by atoms with Gasteiger partial charge in [0.1, 0.15) is 0 Å². The van der Waals surface area contributed by atoms with E-state index in [4.69, 9.17) is 5.11 Å². The highest BCUT2D eigenvalue weighted by Crippen LogP contribution is 2.21. The van der Waals surface area contributed by atoms with E-state index in [2.05, 4.69) is 0 Å². The Balaban J connectivity index is 2.35. The summed E-state index contributed by atoms with van der Waals surface area (Å²) >= 11 is 0. The highest BCUT2D eigenvalue weighted by molar-refractivity contribution is 6.10. The summed E-state index contributed by atoms with van der Waals surface area (Å²) in [5, 5.41) is 11.0. The number of benzene rings is 2. The molecule has 0 unspecified atom stereocenters. The third kappa shape index (κ3) is 2.86. The Morgan fingerprint density at radius 3 is 2.14 bits per heavy atom. The van der Waals surface area contributed by atoms with Crippen molar-refractivity contribution in [2.75, 3.05) is 5.32 Å². The normalized spacial score (nSPS) is 10.2. The molecular formula is C14H8F3NO3. The zero-order valence-electron chi connectivity index (χ0n) is 10.4. The van der Waals surface area contributed by atoms with Crippen molar-refractivity contribution < 1.29 is 27.9 Å². The summed E-state index contributed by atoms with van der Waals surface area (Å²) in [7, 11) is 0. The van der Waals surface area contributed by atoms with Gasteiger partial charge in [0.15, 0.2) is 17.5 Å². The second-order valence-corrected chi connectivity index (χ2v) is 4.03. The number of amides is 1. The third-order valence-corrected chi connectivity index (χ3v) is 2.69. The number of carbonyl (C=O) groups is 2. The van der Waals surface area contributed by atoms with Crippen LogP contribution in [0.1, 0.15) is 20.7 Å². The van der Waals surface area contributed by atoms with Crippen LogP contribution in [0, 0.1) is 17.5 Å². The molecule has 0 fully saturated rings. The SMILES string of the molecule is O=C(O)c1ccccc1C(=O)Nc1ccc(F)c(F)c1F. The minimum atomic E-state index is -1.72. The lowest BCUT2D eigenvalue weighted by atomic mass is 10.1. The van der Waals surface area contributed by atoms with E-state index in [0.29, 0.717) is 6.07 Å². The van der Waals surface area contributed by atoms with Gasteiger partial charge >= 0.3 is 5.97 Å². The van der Waals surface area contributed by atoms with Gasteiger partial charge in [0.05, 0.1) is 16.8 Å². The predicted octanol–water partition coefficient (Wildman–Crippen LogP) is 3.05. The van der Waals surface area contributed by atoms with Crippen molar-refractivity contribution in [3.05, 3.63) is 65.0 Å². The Bertz CT molecular complexity index is 731. The van der Waals surface area contributed by atoms with Gasteiger partial charge in [0, 0.05) is 0 Å². The number of rotatable bonds is 3. The lowest BCUT2D eigenvalue weighted by Crippen LogP contribution is -2.17. The van der Waals surface area contributed by atoms with Crippen molar-refractivity contribution >= 4 is 17.6 Å². The summed E-state index contributed by atoms with van der Waals surface area (Å²) in [5.74, 6) is -6.96. The van der Waals surface area contributed by atoms with Gasteiger partial charge in [-0.25, -0.2) is 18.0 Å². The summed E-state index contributed by atoms with van der Waals surface area (Å²) in [6, 6.07) is 6.74. The molecule has 108 valence electrons. The van der Waals surface area contributed by atoms with Crippen molar-refractivity contribution in [2.24, 2.45) is 0 Å². The zero-order valence-corrected chi connectivity index (χ0v) is 10.4. The molecule has 0 radical (unpaired) electrons. The topological polar surface area (TPSA) is 66.4 Å². The smallest absolute Gasteiger partial charge is 0.336 e. The molecule has 0 aliphatic rings. The maximum absolute atomic E-state index is 13.5. The summed E-state index contributed by atoms with van der Waals surface area (Å²) in [6.45, 7) is 0. The van der Waals surface area contributed by atoms with E-state index in [9.17, 15) is 22.8 Å². The fourth-order valence-corrected chi connectivity index (χ4v) is 1.68. The van der Waals surface area contributed by atoms with Gasteiger partial charge in [-0.05, 0) is 24.3 Å². The first-order chi connectivity index (χ1) is 9.91. The Morgan fingerprint density at radius 1 is 0.905 bits per heavy atom. The van der Waals surface area contributed by atoms with Gasteiger partial charge in [0.2, 0.25) is 0 Å². The van der Waals surface area contributed by atoms with Crippen LogP contribution in [0.5, 0.6) is 0 Å². The Labute approximate surface area is 116 Å². The van der Waals surface area contributed by atoms with E-state index < -0.39 is 35.0 Å². The Hall–Kier alpha value is -2.83. The molecule has 7 heteroatoms. The van der Waals surface area contributed by atoms with Crippen LogP contribution in [0.3, 0.4) is 0 Å². The summed E-state index contributed by atoms with van der Waals surface area (Å²) < 4.78 is 39.3. The highest BCUT2D eigenvalue weighted by atomic mass is 19.2. The number of anilines is 1. The molecule has 0 saturated heterocycles. The minimum Gasteiger partial charge on any atom is -0.478 e. The van der Waals surface area contributed by atoms with Crippen LogP contribution in [0.15, 0.2) is 36.4 Å². The molecule has 0 aromatic heterocycles. The van der Waals surface area contributed by atoms with Gasteiger partial charge in [-0.3, -0.25) is 4.79 Å². The van der Waals surface area contributed by atoms with Gasteiger partial charge in [-0.1, -0.05) is 12.1 Å². The van der Waals surface area contributed by atoms with E-state index in [0.717, 1.165) is 6.07 Å². The molecule has 0 spiro atoms. The molecule has 0 aliphatic heterocycles. The van der Waals surface area contributed by atoms with Crippen LogP contribution in [0.4, 0.5) is 18.9 Å². The van der Waals surface area contributed by atoms with Crippen LogP contribution < -0.4 is 5.32 Å². The van der Waals surface area contributed by atoms with Gasteiger partial charge < -0.3 is 10.4 Å². The van der Waals surface area contributed by atoms with Gasteiger partial charge in [-0.2, -0.15) is 0 Å². The number of hydrogen-bond donors (Lipinski definition) is 2. The molecule has 0 bridgehead atoms. The van der Waals surface area contributed by atoms with E-state index in [1.807, 2.05) is 5.32 Å². The molecule has 2 aromatic carbocycles. The first-order valence-corrected chi connectivity index (χ1v) is 5.69. The van der Waals surface area contributed by atoms with E-state index in [1.165, 1.54) is 24.3 Å². The van der Waals surface area contributed by atoms with E-state index >= 15 is 0 Å². The van der Waals surface area contributed by atoms with Gasteiger partial charge in [0.25, 0.3) is 5.91 Å². The largest absolute Gasteiger partial charge is 0.478 e. The molecular weight excluding hydrogens is 287 g/mol. The molecule has 0 heterocycles. The van der Waals surface area contributed by atoms with Crippen LogP contribution in [0.2, 0.25) is 0 Å². The zero-order chi connectivity index (χ0) is 15.6. The lowest BCUT2D eigenvalue weighted by molar-refractivity contribution is 0.0692. The molecule has 0 saturated carbocycles. The monoisotopic (exact) mass is 295 g/mol. The van der Waals surface area contributed by atoms with Crippen molar-refractivity contribution in [3.63, 3.8) is 0 Å². The van der Waals surface area contributed by atoms with E-state index in [1.54, 1.807) is 0 Å². The molecule has 4 nitrogen and oxygen atoms in total. The lowest BCUT2D eigenvalue weighted by Gasteiger charge is -2.09. The molecule has 2 rings (SSSR count). The molecule has 1 amide bonds. The number of aromatic carboxylic acids is 1. The standard InChI is InChI=1S/C14H8F3NO3/c15-9-5-6-10(12(17)11(9)16)18-13(19)7-3-1-2-4-8(7)14(20)21/h1-6H,(H,18,19)(H,20,21). The van der Waals surface area contributed by atoms with Crippen LogP contribution in [0.25, 0.3) is 0 Å². The summed E-state index contributed by atoms with van der Waals surface area (Å²) in [5.41, 5.74) is -1.11. The fourth-order valence-electron chi connectivity index (χ4n) is 1.68. The van der Waals surface area contributed by atoms with Crippen LogP contribution in [-0.4, -0.2) is 17.0 Å². The van der Waals surface area contributed by atoms with Crippen LogP contribution >= 0.6 is 0 Å². The average Bonchev–Trinajstić information content (AvgIpc) is 2.47. The Morgan fingerprint density at radius 2 is 1.52 bits per heavy atom. The number of nitrogens with one attached hydrogen (secondary N) is 1. The Kier molecular flexibility index (Phi) is 3.93. The first kappa shape index (κ1) is 14.6. The second-order valence-electron chi connectivity index (χ2n) is 4.03. The van der Waals surface area contributed by atoms with E-state index in [-0.39, 0.29) is 11.1 Å². The van der Waals surface area contributed by atoms with Crippen LogP contribution in [-0.2, 0) is 0 Å². The number of carboxylic acid groups (broad SMARTS) is 1. The maximum atomic E-state index is 13.5. The highest BCUT2D eigenvalue weighted by Gasteiger charge is 2.19. The fraction of sp³-hybridized carbons (Fsp3) is 0. The van der Waals surface area contributed by atoms with Crippen molar-refractivity contribution in [1.82, 2.24) is 0 Å². The molecule has 0 atom stereocenters. The number of carboxylic acids is 1. The van der Waals surface area contributed by atoms with Crippen molar-refractivity contribution in [1.29, 1.82) is 0 Å². The molecule has 21 heavy (non-hydrogen) atoms. The number of hydrogen-bond acceptors (Lipinski definition) is 2.